The van der Waals surface area contributed by atoms with Crippen LogP contribution in [0.1, 0.15) is 34.6 Å². The third-order valence-electron chi connectivity index (χ3n) is 5.89. The predicted molar refractivity (Wildman–Crippen MR) is 153 cm³/mol. The largest absolute Gasteiger partial charge is 0.468 e. The Morgan fingerprint density at radius 3 is 1.93 bits per heavy atom. The molecule has 1 heterocycles. The van der Waals surface area contributed by atoms with Gasteiger partial charge in [0, 0.05) is 31.4 Å². The number of ether oxygens (including phenoxy) is 6. The number of esters is 3. The van der Waals surface area contributed by atoms with Gasteiger partial charge in [0.15, 0.2) is 18.3 Å². The molecule has 0 aromatic heterocycles. The first-order valence-electron chi connectivity index (χ1n) is 13.5. The van der Waals surface area contributed by atoms with E-state index in [9.17, 15) is 27.6 Å². The Bertz CT molecular complexity index is 1290. The Morgan fingerprint density at radius 2 is 1.39 bits per heavy atom. The van der Waals surface area contributed by atoms with Gasteiger partial charge in [0.2, 0.25) is 6.29 Å². The molecule has 1 aliphatic rings. The number of hydrogen-bond acceptors (Lipinski definition) is 11. The molecule has 0 aliphatic carbocycles. The predicted octanol–water partition coefficient (Wildman–Crippen LogP) is 5.40. The SMILES string of the molecule is CC(=O)OC[C@H]1OC(OC(=Nc2ccccc2)C(F)(F)F)[C@H](OC(C)(C)CSc2ccccc2)[C@@H](OC(C)=O)[C@H]1OC(C)=O. The van der Waals surface area contributed by atoms with Gasteiger partial charge in [0.1, 0.15) is 12.7 Å². The minimum absolute atomic E-state index is 0.0570. The van der Waals surface area contributed by atoms with E-state index in [-0.39, 0.29) is 5.69 Å². The van der Waals surface area contributed by atoms with Crippen molar-refractivity contribution in [3.05, 3.63) is 60.7 Å². The van der Waals surface area contributed by atoms with Gasteiger partial charge in [-0.15, -0.1) is 11.8 Å². The molecule has 0 radical (unpaired) electrons. The molecular weight excluding hydrogens is 607 g/mol. The molecule has 44 heavy (non-hydrogen) atoms. The zero-order chi connectivity index (χ0) is 32.5. The van der Waals surface area contributed by atoms with Crippen LogP contribution in [-0.4, -0.2) is 78.6 Å². The fourth-order valence-electron chi connectivity index (χ4n) is 4.15. The van der Waals surface area contributed by atoms with Crippen LogP contribution in [0.2, 0.25) is 0 Å². The van der Waals surface area contributed by atoms with Crippen molar-refractivity contribution >= 4 is 41.3 Å². The number of para-hydroxylation sites is 1. The van der Waals surface area contributed by atoms with Crippen LogP contribution in [0.25, 0.3) is 0 Å². The van der Waals surface area contributed by atoms with Crippen LogP contribution in [0.3, 0.4) is 0 Å². The number of nitrogens with zero attached hydrogens (tertiary/aromatic N) is 1. The van der Waals surface area contributed by atoms with Crippen LogP contribution in [-0.2, 0) is 42.8 Å². The molecule has 1 fully saturated rings. The number of hydrogen-bond donors (Lipinski definition) is 0. The lowest BCUT2D eigenvalue weighted by Crippen LogP contribution is -2.64. The third-order valence-corrected chi connectivity index (χ3v) is 7.33. The van der Waals surface area contributed by atoms with E-state index in [2.05, 4.69) is 4.99 Å². The zero-order valence-corrected chi connectivity index (χ0v) is 25.6. The monoisotopic (exact) mass is 641 g/mol. The lowest BCUT2D eigenvalue weighted by molar-refractivity contribution is -0.312. The second-order valence-electron chi connectivity index (χ2n) is 10.3. The molecule has 0 spiro atoms. The molecule has 3 rings (SSSR count). The van der Waals surface area contributed by atoms with Crippen LogP contribution < -0.4 is 0 Å². The van der Waals surface area contributed by atoms with Crippen LogP contribution in [0.15, 0.2) is 70.6 Å². The Kier molecular flexibility index (Phi) is 12.2. The summed E-state index contributed by atoms with van der Waals surface area (Å²) >= 11 is 1.41. The van der Waals surface area contributed by atoms with Gasteiger partial charge in [-0.3, -0.25) is 14.4 Å². The van der Waals surface area contributed by atoms with E-state index < -0.39 is 72.9 Å². The maximum absolute atomic E-state index is 14.3. The van der Waals surface area contributed by atoms with E-state index >= 15 is 0 Å². The number of alkyl halides is 3. The highest BCUT2D eigenvalue weighted by Crippen LogP contribution is 2.36. The molecule has 14 heteroatoms. The van der Waals surface area contributed by atoms with Crippen molar-refractivity contribution in [1.82, 2.24) is 0 Å². The molecule has 240 valence electrons. The number of rotatable bonds is 11. The molecule has 0 saturated carbocycles. The Labute approximate surface area is 257 Å². The number of thioether (sulfide) groups is 1. The topological polar surface area (TPSA) is 119 Å². The molecular formula is C30H34F3NO9S. The number of benzene rings is 2. The highest BCUT2D eigenvalue weighted by molar-refractivity contribution is 7.99. The number of aliphatic imine (C=N–C) groups is 1. The fourth-order valence-corrected chi connectivity index (χ4v) is 5.09. The lowest BCUT2D eigenvalue weighted by Gasteiger charge is -2.46. The van der Waals surface area contributed by atoms with Crippen LogP contribution >= 0.6 is 11.8 Å². The number of halogens is 3. The summed E-state index contributed by atoms with van der Waals surface area (Å²) in [5.74, 6) is -3.78. The zero-order valence-electron chi connectivity index (χ0n) is 24.7. The lowest BCUT2D eigenvalue weighted by atomic mass is 9.97. The van der Waals surface area contributed by atoms with Gasteiger partial charge in [-0.25, -0.2) is 4.99 Å². The van der Waals surface area contributed by atoms with Gasteiger partial charge in [0.25, 0.3) is 5.90 Å². The molecule has 1 aliphatic heterocycles. The molecule has 5 atom stereocenters. The molecule has 2 aromatic rings. The van der Waals surface area contributed by atoms with Crippen molar-refractivity contribution in [1.29, 1.82) is 0 Å². The van der Waals surface area contributed by atoms with Crippen LogP contribution in [0.4, 0.5) is 18.9 Å². The molecule has 2 aromatic carbocycles. The summed E-state index contributed by atoms with van der Waals surface area (Å²) in [6.45, 7) is 6.05. The van der Waals surface area contributed by atoms with Crippen molar-refractivity contribution in [2.45, 2.75) is 82.0 Å². The first-order chi connectivity index (χ1) is 20.6. The van der Waals surface area contributed by atoms with E-state index in [0.29, 0.717) is 5.75 Å². The maximum Gasteiger partial charge on any atom is 0.468 e. The third kappa shape index (κ3) is 10.8. The highest BCUT2D eigenvalue weighted by atomic mass is 32.2. The van der Waals surface area contributed by atoms with E-state index in [1.807, 2.05) is 30.3 Å². The van der Waals surface area contributed by atoms with Gasteiger partial charge in [-0.2, -0.15) is 13.2 Å². The number of carbonyl (C=O) groups excluding carboxylic acids is 3. The van der Waals surface area contributed by atoms with Gasteiger partial charge < -0.3 is 28.4 Å². The standard InChI is InChI=1S/C30H34F3NO9S/c1-18(35)38-16-23-24(39-19(2)36)25(40-20(3)37)26(43-29(4,5)17-44-22-14-10-7-11-15-22)27(41-23)42-28(30(31,32)33)34-21-12-8-6-9-13-21/h6-15,23-27H,16-17H2,1-5H3/t23-,24+,25+,26-,27?/m1/s1. The molecule has 0 bridgehead atoms. The quantitative estimate of drug-likeness (QED) is 0.104. The van der Waals surface area contributed by atoms with Crippen molar-refractivity contribution < 1.29 is 56.0 Å². The van der Waals surface area contributed by atoms with Gasteiger partial charge in [0.05, 0.1) is 11.3 Å². The highest BCUT2D eigenvalue weighted by Gasteiger charge is 2.55. The summed E-state index contributed by atoms with van der Waals surface area (Å²) in [7, 11) is 0. The summed E-state index contributed by atoms with van der Waals surface area (Å²) < 4.78 is 76.3. The Hall–Kier alpha value is -3.62. The summed E-state index contributed by atoms with van der Waals surface area (Å²) in [6.07, 6.45) is -13.0. The fraction of sp³-hybridized carbons (Fsp3) is 0.467. The summed E-state index contributed by atoms with van der Waals surface area (Å²) in [5.41, 5.74) is -1.15. The Balaban J connectivity index is 2.06. The van der Waals surface area contributed by atoms with E-state index in [1.165, 1.54) is 36.0 Å². The van der Waals surface area contributed by atoms with Gasteiger partial charge in [-0.1, -0.05) is 36.4 Å². The molecule has 1 saturated heterocycles. The Morgan fingerprint density at radius 1 is 0.818 bits per heavy atom. The molecule has 0 amide bonds. The average Bonchev–Trinajstić information content (AvgIpc) is 2.93. The van der Waals surface area contributed by atoms with E-state index in [1.54, 1.807) is 19.9 Å². The summed E-state index contributed by atoms with van der Waals surface area (Å²) in [5, 5.41) is 0. The van der Waals surface area contributed by atoms with Gasteiger partial charge >= 0.3 is 24.1 Å². The minimum atomic E-state index is -5.09. The van der Waals surface area contributed by atoms with Crippen molar-refractivity contribution in [3.8, 4) is 0 Å². The van der Waals surface area contributed by atoms with Crippen molar-refractivity contribution in [2.75, 3.05) is 12.4 Å². The number of carbonyl (C=O) groups is 3. The van der Waals surface area contributed by atoms with E-state index in [0.717, 1.165) is 25.7 Å². The molecule has 0 N–H and O–H groups in total. The van der Waals surface area contributed by atoms with Crippen molar-refractivity contribution in [2.24, 2.45) is 4.99 Å². The first kappa shape index (κ1) is 34.9. The summed E-state index contributed by atoms with van der Waals surface area (Å²) in [6, 6.07) is 16.6. The van der Waals surface area contributed by atoms with Crippen LogP contribution in [0.5, 0.6) is 0 Å². The van der Waals surface area contributed by atoms with Crippen molar-refractivity contribution in [3.63, 3.8) is 0 Å². The second-order valence-corrected chi connectivity index (χ2v) is 11.4. The van der Waals surface area contributed by atoms with Crippen LogP contribution in [0, 0.1) is 0 Å². The maximum atomic E-state index is 14.3. The first-order valence-corrected chi connectivity index (χ1v) is 14.5. The molecule has 1 unspecified atom stereocenters. The average molecular weight is 642 g/mol. The smallest absolute Gasteiger partial charge is 0.463 e. The minimum Gasteiger partial charge on any atom is -0.463 e. The second kappa shape index (κ2) is 15.4. The molecule has 10 nitrogen and oxygen atoms in total. The summed E-state index contributed by atoms with van der Waals surface area (Å²) in [4.78, 5) is 40.5. The van der Waals surface area contributed by atoms with Gasteiger partial charge in [-0.05, 0) is 38.1 Å². The van der Waals surface area contributed by atoms with E-state index in [4.69, 9.17) is 28.4 Å². The normalized spacial score (nSPS) is 22.5.